The van der Waals surface area contributed by atoms with Gasteiger partial charge in [0.25, 0.3) is 5.91 Å². The zero-order chi connectivity index (χ0) is 26.8. The Morgan fingerprint density at radius 3 is 2.59 bits per heavy atom. The van der Waals surface area contributed by atoms with Crippen molar-refractivity contribution < 1.29 is 23.9 Å². The smallest absolute Gasteiger partial charge is 0.296 e. The molecule has 0 spiro atoms. The normalized spacial score (nSPS) is 14.5. The topological polar surface area (TPSA) is 76.8 Å². The summed E-state index contributed by atoms with van der Waals surface area (Å²) in [5, 5.41) is 12.7. The van der Waals surface area contributed by atoms with Crippen molar-refractivity contribution >= 4 is 24.9 Å². The average Bonchev–Trinajstić information content (AvgIpc) is 3.17. The van der Waals surface area contributed by atoms with Gasteiger partial charge in [-0.1, -0.05) is 31.8 Å². The van der Waals surface area contributed by atoms with Crippen LogP contribution >= 0.6 is 0 Å². The van der Waals surface area contributed by atoms with Gasteiger partial charge in [-0.25, -0.2) is 19.3 Å². The molecule has 0 unspecified atom stereocenters. The molecule has 0 saturated carbocycles. The Kier molecular flexibility index (Phi) is 8.18. The minimum Gasteiger partial charge on any atom is -0.390 e. The van der Waals surface area contributed by atoms with Gasteiger partial charge in [-0.05, 0) is 68.0 Å². The lowest BCUT2D eigenvalue weighted by molar-refractivity contribution is -0.195. The number of halogens is 1. The van der Waals surface area contributed by atoms with E-state index in [4.69, 9.17) is 9.57 Å². The quantitative estimate of drug-likeness (QED) is 0.212. The zero-order valence-electron chi connectivity index (χ0n) is 22.5. The van der Waals surface area contributed by atoms with E-state index in [-0.39, 0.29) is 18.5 Å². The Labute approximate surface area is 219 Å². The molecule has 1 aliphatic heterocycles. The standard InChI is InChI=1S/C28H38FN3O4Si/c1-28(2,34)12-10-21-18-31(17-20-6-8-22(29)9-7-20)24-16-30-26-23(25(21)24)11-13-32(27(26)33)36-19-35-14-15-37(3,4)5/h6-9,16,18,34H,10-15,17,19H2,1-5H3. The minimum absolute atomic E-state index is 0.0404. The Morgan fingerprint density at radius 1 is 1.19 bits per heavy atom. The van der Waals surface area contributed by atoms with Crippen LogP contribution < -0.4 is 0 Å². The monoisotopic (exact) mass is 527 g/mol. The van der Waals surface area contributed by atoms with E-state index < -0.39 is 13.7 Å². The molecule has 0 fully saturated rings. The molecule has 0 saturated heterocycles. The first-order valence-corrected chi connectivity index (χ1v) is 16.6. The Bertz CT molecular complexity index is 1250. The summed E-state index contributed by atoms with van der Waals surface area (Å²) in [6, 6.07) is 7.49. The highest BCUT2D eigenvalue weighted by molar-refractivity contribution is 6.76. The molecule has 0 bridgehead atoms. The van der Waals surface area contributed by atoms with Gasteiger partial charge in [0.2, 0.25) is 0 Å². The number of amides is 1. The molecule has 9 heteroatoms. The lowest BCUT2D eigenvalue weighted by Gasteiger charge is -2.27. The van der Waals surface area contributed by atoms with Gasteiger partial charge in [0.15, 0.2) is 6.79 Å². The number of carbonyl (C=O) groups excluding carboxylic acids is 1. The van der Waals surface area contributed by atoms with Crippen molar-refractivity contribution in [1.82, 2.24) is 14.6 Å². The fourth-order valence-electron chi connectivity index (χ4n) is 4.51. The van der Waals surface area contributed by atoms with E-state index in [9.17, 15) is 14.3 Å². The predicted molar refractivity (Wildman–Crippen MR) is 145 cm³/mol. The molecule has 4 rings (SSSR count). The van der Waals surface area contributed by atoms with Crippen LogP contribution in [0, 0.1) is 5.82 Å². The number of pyridine rings is 1. The molecule has 0 radical (unpaired) electrons. The molecule has 37 heavy (non-hydrogen) atoms. The van der Waals surface area contributed by atoms with E-state index in [0.717, 1.165) is 33.6 Å². The second-order valence-electron chi connectivity index (χ2n) is 11.7. The number of aliphatic hydroxyl groups is 1. The number of aromatic nitrogens is 2. The van der Waals surface area contributed by atoms with E-state index in [1.807, 2.05) is 0 Å². The van der Waals surface area contributed by atoms with Crippen molar-refractivity contribution in [3.05, 3.63) is 64.9 Å². The Morgan fingerprint density at radius 2 is 1.92 bits per heavy atom. The van der Waals surface area contributed by atoms with Crippen LogP contribution in [0.3, 0.4) is 0 Å². The number of carbonyl (C=O) groups is 1. The Hall–Kier alpha value is -2.59. The molecule has 1 aliphatic rings. The highest BCUT2D eigenvalue weighted by Gasteiger charge is 2.30. The third-order valence-corrected chi connectivity index (χ3v) is 8.36. The summed E-state index contributed by atoms with van der Waals surface area (Å²) >= 11 is 0. The molecule has 2 aromatic heterocycles. The number of ether oxygens (including phenoxy) is 1. The SMILES string of the molecule is CC(C)(O)CCc1cn(Cc2ccc(F)cc2)c2cnc3c(c12)CCN(OCOCC[Si](C)(C)C)C3=O. The van der Waals surface area contributed by atoms with Crippen LogP contribution in [0.2, 0.25) is 25.7 Å². The first-order chi connectivity index (χ1) is 17.4. The lowest BCUT2D eigenvalue weighted by Crippen LogP contribution is -2.39. The maximum Gasteiger partial charge on any atom is 0.296 e. The first kappa shape index (κ1) is 27.4. The molecule has 200 valence electrons. The van der Waals surface area contributed by atoms with Crippen molar-refractivity contribution in [1.29, 1.82) is 0 Å². The Balaban J connectivity index is 1.58. The predicted octanol–water partition coefficient (Wildman–Crippen LogP) is 5.17. The highest BCUT2D eigenvalue weighted by atomic mass is 28.3. The van der Waals surface area contributed by atoms with Gasteiger partial charge in [-0.15, -0.1) is 0 Å². The maximum atomic E-state index is 13.4. The molecule has 1 amide bonds. The third kappa shape index (κ3) is 7.04. The number of rotatable bonds is 11. The summed E-state index contributed by atoms with van der Waals surface area (Å²) in [7, 11) is -1.19. The van der Waals surface area contributed by atoms with E-state index >= 15 is 0 Å². The van der Waals surface area contributed by atoms with Gasteiger partial charge in [-0.2, -0.15) is 0 Å². The van der Waals surface area contributed by atoms with Gasteiger partial charge in [0.05, 0.1) is 23.9 Å². The summed E-state index contributed by atoms with van der Waals surface area (Å²) in [6.07, 6.45) is 5.65. The van der Waals surface area contributed by atoms with Crippen LogP contribution in [-0.2, 0) is 29.0 Å². The molecular formula is C28H38FN3O4Si. The molecule has 3 heterocycles. The van der Waals surface area contributed by atoms with Gasteiger partial charge >= 0.3 is 0 Å². The highest BCUT2D eigenvalue weighted by Crippen LogP contribution is 2.32. The third-order valence-electron chi connectivity index (χ3n) is 6.66. The lowest BCUT2D eigenvalue weighted by atomic mass is 9.94. The summed E-state index contributed by atoms with van der Waals surface area (Å²) < 4.78 is 21.1. The largest absolute Gasteiger partial charge is 0.390 e. The molecule has 1 N–H and O–H groups in total. The summed E-state index contributed by atoms with van der Waals surface area (Å²) in [6.45, 7) is 12.1. The molecule has 0 atom stereocenters. The van der Waals surface area contributed by atoms with Crippen LogP contribution in [0.1, 0.15) is 47.4 Å². The van der Waals surface area contributed by atoms with Crippen LogP contribution in [0.25, 0.3) is 10.9 Å². The molecule has 0 aliphatic carbocycles. The molecular weight excluding hydrogens is 489 g/mol. The average molecular weight is 528 g/mol. The minimum atomic E-state index is -1.19. The fourth-order valence-corrected chi connectivity index (χ4v) is 5.27. The number of hydrogen-bond acceptors (Lipinski definition) is 5. The number of aryl methyl sites for hydroxylation is 1. The molecule has 1 aromatic carbocycles. The van der Waals surface area contributed by atoms with Crippen LogP contribution in [0.4, 0.5) is 4.39 Å². The van der Waals surface area contributed by atoms with Crippen molar-refractivity contribution in [2.75, 3.05) is 19.9 Å². The van der Waals surface area contributed by atoms with Crippen LogP contribution in [0.15, 0.2) is 36.7 Å². The number of fused-ring (bicyclic) bond motifs is 3. The molecule has 7 nitrogen and oxygen atoms in total. The zero-order valence-corrected chi connectivity index (χ0v) is 23.5. The van der Waals surface area contributed by atoms with Crippen molar-refractivity contribution in [3.63, 3.8) is 0 Å². The van der Waals surface area contributed by atoms with E-state index in [1.54, 1.807) is 32.2 Å². The summed E-state index contributed by atoms with van der Waals surface area (Å²) in [4.78, 5) is 23.5. The van der Waals surface area contributed by atoms with Gasteiger partial charge in [0, 0.05) is 32.8 Å². The van der Waals surface area contributed by atoms with Crippen molar-refractivity contribution in [3.8, 4) is 0 Å². The van der Waals surface area contributed by atoms with Crippen molar-refractivity contribution in [2.45, 2.75) is 70.9 Å². The maximum absolute atomic E-state index is 13.4. The van der Waals surface area contributed by atoms with Crippen LogP contribution in [-0.4, -0.2) is 59.2 Å². The van der Waals surface area contributed by atoms with Gasteiger partial charge in [-0.3, -0.25) is 4.79 Å². The summed E-state index contributed by atoms with van der Waals surface area (Å²) in [5.74, 6) is -0.536. The van der Waals surface area contributed by atoms with E-state index in [2.05, 4.69) is 35.4 Å². The fraction of sp³-hybridized carbons (Fsp3) is 0.500. The second-order valence-corrected chi connectivity index (χ2v) is 17.3. The first-order valence-electron chi connectivity index (χ1n) is 12.9. The van der Waals surface area contributed by atoms with Crippen LogP contribution in [0.5, 0.6) is 0 Å². The summed E-state index contributed by atoms with van der Waals surface area (Å²) in [5.41, 5.74) is 3.44. The second kappa shape index (κ2) is 11.0. The number of hydroxylamine groups is 2. The van der Waals surface area contributed by atoms with Gasteiger partial charge in [0.1, 0.15) is 11.5 Å². The number of benzene rings is 1. The molecule has 3 aromatic rings. The number of hydrogen-bond donors (Lipinski definition) is 1. The van der Waals surface area contributed by atoms with E-state index in [1.165, 1.54) is 17.2 Å². The van der Waals surface area contributed by atoms with Crippen molar-refractivity contribution in [2.24, 2.45) is 0 Å². The van der Waals surface area contributed by atoms with Gasteiger partial charge < -0.3 is 14.4 Å². The van der Waals surface area contributed by atoms with E-state index in [0.29, 0.717) is 44.7 Å². The number of nitrogens with zero attached hydrogens (tertiary/aromatic N) is 3.